The molecule has 0 heterocycles. The van der Waals surface area contributed by atoms with Gasteiger partial charge in [-0.25, -0.2) is 4.39 Å². The molecule has 3 aromatic carbocycles. The number of amides is 2. The predicted octanol–water partition coefficient (Wildman–Crippen LogP) is 4.10. The Hall–Kier alpha value is -3.87. The van der Waals surface area contributed by atoms with E-state index in [9.17, 15) is 14.0 Å². The van der Waals surface area contributed by atoms with Crippen molar-refractivity contribution >= 4 is 23.2 Å². The maximum absolute atomic E-state index is 12.9. The molecule has 0 saturated heterocycles. The summed E-state index contributed by atoms with van der Waals surface area (Å²) in [5.74, 6) is -0.400. The Bertz CT molecular complexity index is 991. The minimum atomic E-state index is -0.451. The third-order valence-corrected chi connectivity index (χ3v) is 3.95. The molecule has 29 heavy (non-hydrogen) atoms. The number of carbonyl (C=O) groups excluding carboxylic acids is 2. The SMILES string of the molecule is COc1ccc(C(=O)Nc2ccccc2)cc1NC(=O)COc1ccc(F)cc1. The second-order valence-electron chi connectivity index (χ2n) is 6.03. The van der Waals surface area contributed by atoms with Gasteiger partial charge in [0.1, 0.15) is 17.3 Å². The van der Waals surface area contributed by atoms with E-state index in [2.05, 4.69) is 10.6 Å². The summed E-state index contributed by atoms with van der Waals surface area (Å²) >= 11 is 0. The number of halogens is 1. The summed E-state index contributed by atoms with van der Waals surface area (Å²) in [5, 5.41) is 5.44. The largest absolute Gasteiger partial charge is 0.495 e. The zero-order chi connectivity index (χ0) is 20.6. The zero-order valence-electron chi connectivity index (χ0n) is 15.6. The Kier molecular flexibility index (Phi) is 6.42. The van der Waals surface area contributed by atoms with Crippen LogP contribution in [-0.2, 0) is 4.79 Å². The van der Waals surface area contributed by atoms with Crippen LogP contribution in [0.25, 0.3) is 0 Å². The average molecular weight is 394 g/mol. The third-order valence-electron chi connectivity index (χ3n) is 3.95. The lowest BCUT2D eigenvalue weighted by atomic mass is 10.1. The summed E-state index contributed by atoms with van der Waals surface area (Å²) < 4.78 is 23.5. The lowest BCUT2D eigenvalue weighted by Gasteiger charge is -2.13. The number of ether oxygens (including phenoxy) is 2. The minimum Gasteiger partial charge on any atom is -0.495 e. The summed E-state index contributed by atoms with van der Waals surface area (Å²) in [5.41, 5.74) is 1.34. The van der Waals surface area contributed by atoms with Gasteiger partial charge >= 0.3 is 0 Å². The summed E-state index contributed by atoms with van der Waals surface area (Å²) in [6, 6.07) is 19.1. The highest BCUT2D eigenvalue weighted by Crippen LogP contribution is 2.26. The molecular weight excluding hydrogens is 375 g/mol. The minimum absolute atomic E-state index is 0.283. The first-order chi connectivity index (χ1) is 14.0. The molecule has 0 aliphatic carbocycles. The first kappa shape index (κ1) is 19.9. The van der Waals surface area contributed by atoms with Crippen LogP contribution in [0.1, 0.15) is 10.4 Å². The second-order valence-corrected chi connectivity index (χ2v) is 6.03. The van der Waals surface area contributed by atoms with Crippen molar-refractivity contribution in [2.75, 3.05) is 24.4 Å². The smallest absolute Gasteiger partial charge is 0.262 e. The van der Waals surface area contributed by atoms with Crippen LogP contribution in [0.5, 0.6) is 11.5 Å². The van der Waals surface area contributed by atoms with Crippen molar-refractivity contribution in [3.05, 3.63) is 84.2 Å². The van der Waals surface area contributed by atoms with Gasteiger partial charge in [-0.05, 0) is 54.6 Å². The highest BCUT2D eigenvalue weighted by molar-refractivity contribution is 6.05. The van der Waals surface area contributed by atoms with Crippen molar-refractivity contribution in [2.24, 2.45) is 0 Å². The van der Waals surface area contributed by atoms with E-state index in [1.54, 1.807) is 24.3 Å². The van der Waals surface area contributed by atoms with Crippen molar-refractivity contribution in [3.63, 3.8) is 0 Å². The van der Waals surface area contributed by atoms with Crippen LogP contribution in [0.4, 0.5) is 15.8 Å². The van der Waals surface area contributed by atoms with E-state index in [4.69, 9.17) is 9.47 Å². The van der Waals surface area contributed by atoms with Gasteiger partial charge in [-0.15, -0.1) is 0 Å². The van der Waals surface area contributed by atoms with Gasteiger partial charge in [0.2, 0.25) is 0 Å². The zero-order valence-corrected chi connectivity index (χ0v) is 15.6. The first-order valence-corrected chi connectivity index (χ1v) is 8.78. The quantitative estimate of drug-likeness (QED) is 0.632. The third kappa shape index (κ3) is 5.55. The van der Waals surface area contributed by atoms with Crippen LogP contribution in [0, 0.1) is 5.82 Å². The van der Waals surface area contributed by atoms with Crippen molar-refractivity contribution in [2.45, 2.75) is 0 Å². The van der Waals surface area contributed by atoms with Crippen molar-refractivity contribution < 1.29 is 23.5 Å². The van der Waals surface area contributed by atoms with Crippen molar-refractivity contribution in [1.29, 1.82) is 0 Å². The van der Waals surface area contributed by atoms with Gasteiger partial charge in [-0.1, -0.05) is 18.2 Å². The fourth-order valence-electron chi connectivity index (χ4n) is 2.54. The summed E-state index contributed by atoms with van der Waals surface area (Å²) in [7, 11) is 1.46. The van der Waals surface area contributed by atoms with Gasteiger partial charge in [0.05, 0.1) is 12.8 Å². The van der Waals surface area contributed by atoms with E-state index in [1.165, 1.54) is 37.4 Å². The van der Waals surface area contributed by atoms with Gasteiger partial charge in [0.15, 0.2) is 6.61 Å². The predicted molar refractivity (Wildman–Crippen MR) is 108 cm³/mol. The topological polar surface area (TPSA) is 76.7 Å². The molecule has 7 heteroatoms. The van der Waals surface area contributed by atoms with E-state index in [0.29, 0.717) is 28.4 Å². The summed E-state index contributed by atoms with van der Waals surface area (Å²) in [4.78, 5) is 24.7. The first-order valence-electron chi connectivity index (χ1n) is 8.78. The molecule has 3 rings (SSSR count). The van der Waals surface area contributed by atoms with Crippen LogP contribution in [0.2, 0.25) is 0 Å². The molecule has 0 aromatic heterocycles. The number of rotatable bonds is 7. The molecule has 0 fully saturated rings. The highest BCUT2D eigenvalue weighted by Gasteiger charge is 2.13. The standard InChI is InChI=1S/C22H19FN2O4/c1-28-20-12-7-15(22(27)24-17-5-3-2-4-6-17)13-19(20)25-21(26)14-29-18-10-8-16(23)9-11-18/h2-13H,14H2,1H3,(H,24,27)(H,25,26). The molecule has 0 unspecified atom stereocenters. The van der Waals surface area contributed by atoms with Gasteiger partial charge in [0.25, 0.3) is 11.8 Å². The van der Waals surface area contributed by atoms with Gasteiger partial charge in [-0.3, -0.25) is 9.59 Å². The molecule has 3 aromatic rings. The van der Waals surface area contributed by atoms with Crippen LogP contribution in [-0.4, -0.2) is 25.5 Å². The Labute approximate surface area is 167 Å². The monoisotopic (exact) mass is 394 g/mol. The fraction of sp³-hybridized carbons (Fsp3) is 0.0909. The Morgan fingerprint density at radius 1 is 0.931 bits per heavy atom. The number of carbonyl (C=O) groups is 2. The molecule has 0 saturated carbocycles. The molecular formula is C22H19FN2O4. The molecule has 0 bridgehead atoms. The Morgan fingerprint density at radius 3 is 2.34 bits per heavy atom. The van der Waals surface area contributed by atoms with Crippen molar-refractivity contribution in [1.82, 2.24) is 0 Å². The normalized spacial score (nSPS) is 10.1. The lowest BCUT2D eigenvalue weighted by molar-refractivity contribution is -0.118. The van der Waals surface area contributed by atoms with E-state index >= 15 is 0 Å². The Balaban J connectivity index is 1.67. The number of hydrogen-bond donors (Lipinski definition) is 2. The number of anilines is 2. The Morgan fingerprint density at radius 2 is 1.66 bits per heavy atom. The number of methoxy groups -OCH3 is 1. The number of benzene rings is 3. The van der Waals surface area contributed by atoms with Crippen LogP contribution < -0.4 is 20.1 Å². The van der Waals surface area contributed by atoms with Gasteiger partial charge in [0, 0.05) is 11.3 Å². The van der Waals surface area contributed by atoms with E-state index in [0.717, 1.165) is 0 Å². The summed E-state index contributed by atoms with van der Waals surface area (Å²) in [6.45, 7) is -0.283. The molecule has 148 valence electrons. The fourth-order valence-corrected chi connectivity index (χ4v) is 2.54. The van der Waals surface area contributed by atoms with Crippen LogP contribution >= 0.6 is 0 Å². The molecule has 0 radical (unpaired) electrons. The number of para-hydroxylation sites is 1. The highest BCUT2D eigenvalue weighted by atomic mass is 19.1. The molecule has 2 N–H and O–H groups in total. The molecule has 0 aliphatic heterocycles. The molecule has 2 amide bonds. The van der Waals surface area contributed by atoms with Crippen LogP contribution in [0.3, 0.4) is 0 Å². The maximum atomic E-state index is 12.9. The lowest BCUT2D eigenvalue weighted by Crippen LogP contribution is -2.21. The summed E-state index contributed by atoms with van der Waals surface area (Å²) in [6.07, 6.45) is 0. The van der Waals surface area contributed by atoms with E-state index in [1.807, 2.05) is 18.2 Å². The van der Waals surface area contributed by atoms with Crippen LogP contribution in [0.15, 0.2) is 72.8 Å². The van der Waals surface area contributed by atoms with Gasteiger partial charge in [-0.2, -0.15) is 0 Å². The van der Waals surface area contributed by atoms with E-state index in [-0.39, 0.29) is 12.5 Å². The molecule has 0 atom stereocenters. The molecule has 0 aliphatic rings. The maximum Gasteiger partial charge on any atom is 0.262 e. The number of nitrogens with one attached hydrogen (secondary N) is 2. The molecule has 0 spiro atoms. The van der Waals surface area contributed by atoms with Crippen molar-refractivity contribution in [3.8, 4) is 11.5 Å². The van der Waals surface area contributed by atoms with E-state index < -0.39 is 11.7 Å². The average Bonchev–Trinajstić information content (AvgIpc) is 2.74. The van der Waals surface area contributed by atoms with Gasteiger partial charge < -0.3 is 20.1 Å². The molecule has 6 nitrogen and oxygen atoms in total. The number of hydrogen-bond acceptors (Lipinski definition) is 4. The second kappa shape index (κ2) is 9.36.